The maximum absolute atomic E-state index is 10.4. The Kier molecular flexibility index (Phi) is 7.54. The molecule has 0 atom stereocenters. The van der Waals surface area contributed by atoms with Gasteiger partial charge in [-0.3, -0.25) is 11.4 Å². The Labute approximate surface area is 115 Å². The molecule has 1 aromatic rings. The van der Waals surface area contributed by atoms with Crippen LogP contribution in [0.1, 0.15) is 17.5 Å². The Hall–Kier alpha value is -0.466. The smallest absolute Gasteiger partial charge is 0.303 e. The van der Waals surface area contributed by atoms with E-state index in [-0.39, 0.29) is 39.1 Å². The first-order chi connectivity index (χ1) is 6.72. The van der Waals surface area contributed by atoms with Gasteiger partial charge < -0.3 is 11.2 Å². The maximum atomic E-state index is 10.4. The molecule has 0 bridgehead atoms. The third kappa shape index (κ3) is 5.86. The van der Waals surface area contributed by atoms with E-state index >= 15 is 0 Å². The van der Waals surface area contributed by atoms with Crippen LogP contribution in [-0.4, -0.2) is 11.1 Å². The first-order valence-electron chi connectivity index (χ1n) is 4.43. The van der Waals surface area contributed by atoms with Gasteiger partial charge in [-0.15, -0.1) is 0 Å². The van der Waals surface area contributed by atoms with E-state index in [0.717, 1.165) is 11.1 Å². The fourth-order valence-corrected chi connectivity index (χ4v) is 1.21. The summed E-state index contributed by atoms with van der Waals surface area (Å²) in [5.41, 5.74) is 2.03. The molecular weight excluding hydrogens is 265 g/mol. The molecule has 1 rings (SSSR count). The molecule has 0 aliphatic carbocycles. The molecule has 0 aliphatic rings. The predicted octanol–water partition coefficient (Wildman–Crippen LogP) is 2.03. The normalized spacial score (nSPS) is 9.07. The SMILES string of the molecule is C=[C-]Cc1[c-]ccc(CCC(=O)O)c1.[Y]. The summed E-state index contributed by atoms with van der Waals surface area (Å²) in [7, 11) is 0. The zero-order valence-corrected chi connectivity index (χ0v) is 11.3. The topological polar surface area (TPSA) is 37.3 Å². The van der Waals surface area contributed by atoms with Crippen molar-refractivity contribution >= 4 is 5.97 Å². The van der Waals surface area contributed by atoms with Gasteiger partial charge in [0.25, 0.3) is 0 Å². The van der Waals surface area contributed by atoms with Crippen molar-refractivity contribution in [2.75, 3.05) is 0 Å². The van der Waals surface area contributed by atoms with E-state index in [1.807, 2.05) is 18.2 Å². The maximum Gasteiger partial charge on any atom is 0.303 e. The van der Waals surface area contributed by atoms with Crippen LogP contribution in [0, 0.1) is 12.1 Å². The van der Waals surface area contributed by atoms with Crippen molar-refractivity contribution < 1.29 is 42.6 Å². The summed E-state index contributed by atoms with van der Waals surface area (Å²) in [5.74, 6) is -0.769. The van der Waals surface area contributed by atoms with Gasteiger partial charge >= 0.3 is 5.97 Å². The van der Waals surface area contributed by atoms with Crippen LogP contribution in [0.4, 0.5) is 0 Å². The summed E-state index contributed by atoms with van der Waals surface area (Å²) < 4.78 is 0. The Balaban J connectivity index is 0.00000196. The summed E-state index contributed by atoms with van der Waals surface area (Å²) >= 11 is 0. The van der Waals surface area contributed by atoms with Crippen molar-refractivity contribution in [2.45, 2.75) is 19.3 Å². The Morgan fingerprint density at radius 3 is 2.93 bits per heavy atom. The third-order valence-electron chi connectivity index (χ3n) is 1.87. The second-order valence-corrected chi connectivity index (χ2v) is 3.04. The summed E-state index contributed by atoms with van der Waals surface area (Å²) in [5, 5.41) is 8.52. The third-order valence-corrected chi connectivity index (χ3v) is 1.87. The molecule has 0 aromatic heterocycles. The Morgan fingerprint density at radius 1 is 1.60 bits per heavy atom. The van der Waals surface area contributed by atoms with Crippen LogP contribution >= 0.6 is 0 Å². The van der Waals surface area contributed by atoms with Gasteiger partial charge in [0, 0.05) is 39.1 Å². The van der Waals surface area contributed by atoms with Crippen LogP contribution in [0.3, 0.4) is 0 Å². The van der Waals surface area contributed by atoms with E-state index < -0.39 is 5.97 Å². The van der Waals surface area contributed by atoms with Crippen molar-refractivity contribution in [3.05, 3.63) is 48.0 Å². The summed E-state index contributed by atoms with van der Waals surface area (Å²) in [4.78, 5) is 10.4. The Morgan fingerprint density at radius 2 is 2.33 bits per heavy atom. The second-order valence-electron chi connectivity index (χ2n) is 3.04. The molecule has 2 nitrogen and oxygen atoms in total. The molecule has 0 spiro atoms. The Bertz CT molecular complexity index is 334. The molecule has 0 saturated heterocycles. The van der Waals surface area contributed by atoms with E-state index in [1.165, 1.54) is 0 Å². The minimum atomic E-state index is -0.769. The number of carboxylic acids is 1. The van der Waals surface area contributed by atoms with Crippen LogP contribution in [0.5, 0.6) is 0 Å². The molecule has 3 heteroatoms. The molecule has 1 radical (unpaired) electrons. The summed E-state index contributed by atoms with van der Waals surface area (Å²) in [6.07, 6.45) is 4.16. The first-order valence-corrected chi connectivity index (χ1v) is 4.43. The number of aliphatic carboxylic acids is 1. The van der Waals surface area contributed by atoms with Crippen LogP contribution in [0.25, 0.3) is 0 Å². The molecule has 0 aliphatic heterocycles. The van der Waals surface area contributed by atoms with E-state index in [2.05, 4.69) is 18.7 Å². The molecule has 77 valence electrons. The minimum absolute atomic E-state index is 0. The molecule has 1 N–H and O–H groups in total. The van der Waals surface area contributed by atoms with Gasteiger partial charge in [0.15, 0.2) is 0 Å². The molecule has 1 aromatic carbocycles. The first kappa shape index (κ1) is 14.5. The van der Waals surface area contributed by atoms with Crippen molar-refractivity contribution in [2.24, 2.45) is 0 Å². The monoisotopic (exact) mass is 277 g/mol. The van der Waals surface area contributed by atoms with Crippen LogP contribution in [0.15, 0.2) is 24.8 Å². The van der Waals surface area contributed by atoms with Crippen LogP contribution in [-0.2, 0) is 50.3 Å². The fourth-order valence-electron chi connectivity index (χ4n) is 1.21. The fraction of sp³-hybridized carbons (Fsp3) is 0.250. The largest absolute Gasteiger partial charge is 0.502 e. The zero-order valence-electron chi connectivity index (χ0n) is 8.49. The number of hydrogen-bond donors (Lipinski definition) is 1. The second kappa shape index (κ2) is 7.78. The van der Waals surface area contributed by atoms with E-state index in [9.17, 15) is 4.79 Å². The van der Waals surface area contributed by atoms with E-state index in [1.54, 1.807) is 0 Å². The van der Waals surface area contributed by atoms with E-state index in [4.69, 9.17) is 5.11 Å². The molecule has 0 amide bonds. The predicted molar refractivity (Wildman–Crippen MR) is 53.8 cm³/mol. The standard InChI is InChI=1S/C12H12O2.Y/c1-2-4-10-5-3-6-11(9-10)7-8-12(13)14;/h3,6,9H,1,4,7-8H2,(H,13,14);/q-2;. The molecular formula is C12H12O2Y-2. The van der Waals surface area contributed by atoms with Gasteiger partial charge in [0.05, 0.1) is 0 Å². The van der Waals surface area contributed by atoms with Gasteiger partial charge in [-0.25, -0.2) is 0 Å². The molecule has 0 saturated carbocycles. The van der Waals surface area contributed by atoms with Gasteiger partial charge in [-0.2, -0.15) is 41.8 Å². The number of allylic oxidation sites excluding steroid dienone is 1. The summed E-state index contributed by atoms with van der Waals surface area (Å²) in [6.45, 7) is 3.52. The van der Waals surface area contributed by atoms with Crippen molar-refractivity contribution in [1.82, 2.24) is 0 Å². The average Bonchev–Trinajstić information content (AvgIpc) is 2.16. The van der Waals surface area contributed by atoms with Crippen molar-refractivity contribution in [1.29, 1.82) is 0 Å². The average molecular weight is 277 g/mol. The number of carboxylic acid groups (broad SMARTS) is 1. The van der Waals surface area contributed by atoms with Crippen LogP contribution in [0.2, 0.25) is 0 Å². The minimum Gasteiger partial charge on any atom is -0.502 e. The van der Waals surface area contributed by atoms with Crippen molar-refractivity contribution in [3.8, 4) is 0 Å². The summed E-state index contributed by atoms with van der Waals surface area (Å²) in [6, 6.07) is 8.69. The number of benzene rings is 1. The molecule has 15 heavy (non-hydrogen) atoms. The molecule has 0 heterocycles. The van der Waals surface area contributed by atoms with Gasteiger partial charge in [0.2, 0.25) is 0 Å². The quantitative estimate of drug-likeness (QED) is 0.836. The molecule has 0 fully saturated rings. The number of rotatable bonds is 5. The van der Waals surface area contributed by atoms with Gasteiger partial charge in [0.1, 0.15) is 0 Å². The molecule has 0 unspecified atom stereocenters. The zero-order chi connectivity index (χ0) is 10.4. The van der Waals surface area contributed by atoms with Gasteiger partial charge in [-0.1, -0.05) is 0 Å². The van der Waals surface area contributed by atoms with E-state index in [0.29, 0.717) is 12.8 Å². The number of carbonyl (C=O) groups is 1. The number of hydrogen-bond acceptors (Lipinski definition) is 1. The van der Waals surface area contributed by atoms with Crippen LogP contribution < -0.4 is 0 Å². The van der Waals surface area contributed by atoms with Gasteiger partial charge in [-0.05, 0) is 6.42 Å². The number of aryl methyl sites for hydroxylation is 1. The van der Waals surface area contributed by atoms with Crippen molar-refractivity contribution in [3.63, 3.8) is 0 Å².